The maximum Gasteiger partial charge on any atom is 0.247 e. The maximum atomic E-state index is 12.9. The molecule has 0 amide bonds. The molecular formula is C17H16FN3O4S. The number of hydrogen-bond acceptors (Lipinski definition) is 6. The zero-order valence-corrected chi connectivity index (χ0v) is 14.7. The minimum Gasteiger partial charge on any atom is -0.494 e. The van der Waals surface area contributed by atoms with Crippen LogP contribution in [0.3, 0.4) is 0 Å². The summed E-state index contributed by atoms with van der Waals surface area (Å²) in [6.07, 6.45) is 0. The van der Waals surface area contributed by atoms with Crippen molar-refractivity contribution in [2.24, 2.45) is 0 Å². The number of nitrogens with one attached hydrogen (secondary N) is 1. The van der Waals surface area contributed by atoms with Gasteiger partial charge in [-0.05, 0) is 55.5 Å². The highest BCUT2D eigenvalue weighted by molar-refractivity contribution is 7.89. The summed E-state index contributed by atoms with van der Waals surface area (Å²) in [6, 6.07) is 11.6. The van der Waals surface area contributed by atoms with Crippen LogP contribution in [-0.4, -0.2) is 25.2 Å². The molecule has 0 bridgehead atoms. The van der Waals surface area contributed by atoms with Gasteiger partial charge < -0.3 is 9.15 Å². The van der Waals surface area contributed by atoms with Gasteiger partial charge in [0.2, 0.25) is 21.8 Å². The second kappa shape index (κ2) is 7.63. The van der Waals surface area contributed by atoms with Gasteiger partial charge in [0.15, 0.2) is 0 Å². The third-order valence-electron chi connectivity index (χ3n) is 3.42. The van der Waals surface area contributed by atoms with E-state index in [1.54, 1.807) is 12.1 Å². The summed E-state index contributed by atoms with van der Waals surface area (Å²) >= 11 is 0. The van der Waals surface area contributed by atoms with E-state index in [0.717, 1.165) is 0 Å². The average Bonchev–Trinajstić information content (AvgIpc) is 3.11. The zero-order chi connectivity index (χ0) is 18.6. The number of aromatic nitrogens is 2. The number of benzene rings is 2. The van der Waals surface area contributed by atoms with Crippen LogP contribution in [0.5, 0.6) is 5.75 Å². The van der Waals surface area contributed by atoms with Crippen LogP contribution in [0.1, 0.15) is 12.8 Å². The quantitative estimate of drug-likeness (QED) is 0.680. The standard InChI is InChI=1S/C17H16FN3O4S/c1-2-24-14-7-9-15(10-8-14)26(22,23)19-11-16-20-21-17(25-16)12-3-5-13(18)6-4-12/h3-10,19H,2,11H2,1H3. The van der Waals surface area contributed by atoms with E-state index < -0.39 is 10.0 Å². The van der Waals surface area contributed by atoms with Crippen LogP contribution in [0, 0.1) is 5.82 Å². The predicted molar refractivity (Wildman–Crippen MR) is 91.3 cm³/mol. The molecule has 0 aliphatic carbocycles. The van der Waals surface area contributed by atoms with Crippen molar-refractivity contribution >= 4 is 10.0 Å². The molecule has 3 rings (SSSR count). The van der Waals surface area contributed by atoms with Crippen molar-refractivity contribution in [1.29, 1.82) is 0 Å². The monoisotopic (exact) mass is 377 g/mol. The Kier molecular flexibility index (Phi) is 5.29. The number of sulfonamides is 1. The van der Waals surface area contributed by atoms with E-state index in [-0.39, 0.29) is 29.0 Å². The molecule has 26 heavy (non-hydrogen) atoms. The lowest BCUT2D eigenvalue weighted by atomic mass is 10.2. The number of hydrogen-bond donors (Lipinski definition) is 1. The highest BCUT2D eigenvalue weighted by Gasteiger charge is 2.16. The Morgan fingerprint density at radius 1 is 1.08 bits per heavy atom. The molecule has 2 aromatic carbocycles. The molecule has 0 radical (unpaired) electrons. The SMILES string of the molecule is CCOc1ccc(S(=O)(=O)NCc2nnc(-c3ccc(F)cc3)o2)cc1. The third-order valence-corrected chi connectivity index (χ3v) is 4.83. The highest BCUT2D eigenvalue weighted by Crippen LogP contribution is 2.19. The molecule has 1 aromatic heterocycles. The molecule has 9 heteroatoms. The van der Waals surface area contributed by atoms with E-state index in [4.69, 9.17) is 9.15 Å². The molecule has 0 saturated heterocycles. The van der Waals surface area contributed by atoms with Crippen molar-refractivity contribution in [3.8, 4) is 17.2 Å². The summed E-state index contributed by atoms with van der Waals surface area (Å²) in [4.78, 5) is 0.0965. The molecule has 0 atom stereocenters. The molecule has 0 saturated carbocycles. The lowest BCUT2D eigenvalue weighted by molar-refractivity contribution is 0.340. The van der Waals surface area contributed by atoms with Gasteiger partial charge in [-0.1, -0.05) is 0 Å². The topological polar surface area (TPSA) is 94.3 Å². The summed E-state index contributed by atoms with van der Waals surface area (Å²) in [5, 5.41) is 7.62. The van der Waals surface area contributed by atoms with Crippen LogP contribution in [0.15, 0.2) is 57.8 Å². The van der Waals surface area contributed by atoms with Gasteiger partial charge in [0.25, 0.3) is 0 Å². The number of nitrogens with zero attached hydrogens (tertiary/aromatic N) is 2. The van der Waals surface area contributed by atoms with Gasteiger partial charge in [-0.25, -0.2) is 17.5 Å². The molecule has 0 unspecified atom stereocenters. The van der Waals surface area contributed by atoms with Crippen LogP contribution in [0.4, 0.5) is 4.39 Å². The molecular weight excluding hydrogens is 361 g/mol. The normalized spacial score (nSPS) is 11.5. The van der Waals surface area contributed by atoms with E-state index in [1.807, 2.05) is 6.92 Å². The fraction of sp³-hybridized carbons (Fsp3) is 0.176. The van der Waals surface area contributed by atoms with E-state index in [1.165, 1.54) is 36.4 Å². The summed E-state index contributed by atoms with van der Waals surface area (Å²) in [7, 11) is -3.73. The molecule has 0 aliphatic rings. The first-order valence-corrected chi connectivity index (χ1v) is 9.27. The van der Waals surface area contributed by atoms with Crippen LogP contribution in [0.2, 0.25) is 0 Å². The lowest BCUT2D eigenvalue weighted by Gasteiger charge is -2.06. The molecule has 0 aliphatic heterocycles. The Balaban J connectivity index is 1.67. The van der Waals surface area contributed by atoms with Gasteiger partial charge in [0, 0.05) is 5.56 Å². The predicted octanol–water partition coefficient (Wildman–Crippen LogP) is 2.75. The Morgan fingerprint density at radius 3 is 2.42 bits per heavy atom. The molecule has 3 aromatic rings. The van der Waals surface area contributed by atoms with Crippen LogP contribution in [0.25, 0.3) is 11.5 Å². The zero-order valence-electron chi connectivity index (χ0n) is 13.8. The average molecular weight is 377 g/mol. The van der Waals surface area contributed by atoms with E-state index in [2.05, 4.69) is 14.9 Å². The van der Waals surface area contributed by atoms with Crippen molar-refractivity contribution in [2.45, 2.75) is 18.4 Å². The first kappa shape index (κ1) is 18.0. The van der Waals surface area contributed by atoms with Gasteiger partial charge >= 0.3 is 0 Å². The van der Waals surface area contributed by atoms with Gasteiger partial charge in [-0.3, -0.25) is 0 Å². The van der Waals surface area contributed by atoms with Crippen LogP contribution in [-0.2, 0) is 16.6 Å². The Hall–Kier alpha value is -2.78. The first-order valence-electron chi connectivity index (χ1n) is 7.79. The van der Waals surface area contributed by atoms with Gasteiger partial charge in [0.05, 0.1) is 18.0 Å². The van der Waals surface area contributed by atoms with Crippen molar-refractivity contribution in [2.75, 3.05) is 6.61 Å². The molecule has 7 nitrogen and oxygen atoms in total. The minimum atomic E-state index is -3.73. The molecule has 0 spiro atoms. The highest BCUT2D eigenvalue weighted by atomic mass is 32.2. The fourth-order valence-electron chi connectivity index (χ4n) is 2.16. The Bertz CT molecular complexity index is 970. The second-order valence-corrected chi connectivity index (χ2v) is 7.00. The Labute approximate surface area is 149 Å². The second-order valence-electron chi connectivity index (χ2n) is 5.24. The van der Waals surface area contributed by atoms with Crippen molar-refractivity contribution in [1.82, 2.24) is 14.9 Å². The van der Waals surface area contributed by atoms with Crippen LogP contribution < -0.4 is 9.46 Å². The molecule has 0 fully saturated rings. The molecule has 1 heterocycles. The number of halogens is 1. The molecule has 1 N–H and O–H groups in total. The van der Waals surface area contributed by atoms with Crippen molar-refractivity contribution in [3.05, 3.63) is 60.2 Å². The van der Waals surface area contributed by atoms with E-state index in [0.29, 0.717) is 17.9 Å². The lowest BCUT2D eigenvalue weighted by Crippen LogP contribution is -2.23. The molecule has 136 valence electrons. The van der Waals surface area contributed by atoms with Crippen molar-refractivity contribution < 1.29 is 22.0 Å². The number of ether oxygens (including phenoxy) is 1. The van der Waals surface area contributed by atoms with Crippen molar-refractivity contribution in [3.63, 3.8) is 0 Å². The fourth-order valence-corrected chi connectivity index (χ4v) is 3.13. The summed E-state index contributed by atoms with van der Waals surface area (Å²) in [5.41, 5.74) is 0.541. The van der Waals surface area contributed by atoms with Gasteiger partial charge in [-0.2, -0.15) is 0 Å². The number of rotatable bonds is 7. The maximum absolute atomic E-state index is 12.9. The van der Waals surface area contributed by atoms with E-state index >= 15 is 0 Å². The largest absolute Gasteiger partial charge is 0.494 e. The smallest absolute Gasteiger partial charge is 0.247 e. The van der Waals surface area contributed by atoms with Gasteiger partial charge in [-0.15, -0.1) is 10.2 Å². The Morgan fingerprint density at radius 2 is 1.77 bits per heavy atom. The van der Waals surface area contributed by atoms with Gasteiger partial charge in [0.1, 0.15) is 11.6 Å². The summed E-state index contributed by atoms with van der Waals surface area (Å²) in [6.45, 7) is 2.18. The first-order chi connectivity index (χ1) is 12.5. The summed E-state index contributed by atoms with van der Waals surface area (Å²) < 4.78 is 50.6. The van der Waals surface area contributed by atoms with E-state index in [9.17, 15) is 12.8 Å². The summed E-state index contributed by atoms with van der Waals surface area (Å²) in [5.74, 6) is 0.489. The van der Waals surface area contributed by atoms with Crippen LogP contribution >= 0.6 is 0 Å². The third kappa shape index (κ3) is 4.24. The minimum absolute atomic E-state index is 0.0961.